The molecule has 2 rings (SSSR count). The summed E-state index contributed by atoms with van der Waals surface area (Å²) in [6, 6.07) is 3.20. The summed E-state index contributed by atoms with van der Waals surface area (Å²) in [6.45, 7) is 1.63. The van der Waals surface area contributed by atoms with Gasteiger partial charge in [0.25, 0.3) is 5.91 Å². The van der Waals surface area contributed by atoms with E-state index in [1.165, 1.54) is 0 Å². The molecule has 1 N–H and O–H groups in total. The predicted octanol–water partition coefficient (Wildman–Crippen LogP) is 2.09. The molecule has 0 unspecified atom stereocenters. The van der Waals surface area contributed by atoms with Crippen molar-refractivity contribution in [3.05, 3.63) is 27.2 Å². The molecular weight excluding hydrogens is 382 g/mol. The maximum atomic E-state index is 11.8. The van der Waals surface area contributed by atoms with Gasteiger partial charge in [0.2, 0.25) is 0 Å². The molecule has 0 aromatic heterocycles. The molecule has 1 aliphatic heterocycles. The van der Waals surface area contributed by atoms with Crippen LogP contribution in [0.15, 0.2) is 16.6 Å². The quantitative estimate of drug-likeness (QED) is 0.846. The van der Waals surface area contributed by atoms with E-state index in [4.69, 9.17) is 16.3 Å². The molecule has 1 atom stereocenters. The van der Waals surface area contributed by atoms with Gasteiger partial charge < -0.3 is 10.1 Å². The molecule has 116 valence electrons. The average Bonchev–Trinajstić information content (AvgIpc) is 2.67. The van der Waals surface area contributed by atoms with Crippen molar-refractivity contribution in [3.8, 4) is 5.75 Å². The third-order valence-electron chi connectivity index (χ3n) is 3.14. The number of carbonyl (C=O) groups is 1. The summed E-state index contributed by atoms with van der Waals surface area (Å²) in [5.41, 5.74) is 0.811. The van der Waals surface area contributed by atoms with Crippen LogP contribution in [0.5, 0.6) is 5.75 Å². The van der Waals surface area contributed by atoms with Crippen LogP contribution in [0.25, 0.3) is 0 Å². The van der Waals surface area contributed by atoms with Crippen LogP contribution < -0.4 is 10.1 Å². The van der Waals surface area contributed by atoms with Crippen LogP contribution in [0.1, 0.15) is 12.0 Å². The lowest BCUT2D eigenvalue weighted by atomic mass is 10.2. The molecule has 1 heterocycles. The highest BCUT2D eigenvalue weighted by atomic mass is 79.9. The molecule has 5 nitrogen and oxygen atoms in total. The first-order chi connectivity index (χ1) is 9.77. The molecule has 1 amide bonds. The zero-order valence-corrected chi connectivity index (χ0v) is 14.5. The van der Waals surface area contributed by atoms with E-state index in [2.05, 4.69) is 21.2 Å². The zero-order chi connectivity index (χ0) is 15.6. The minimum Gasteiger partial charge on any atom is -0.482 e. The summed E-state index contributed by atoms with van der Waals surface area (Å²) in [5, 5.41) is 3.07. The van der Waals surface area contributed by atoms with Gasteiger partial charge in [-0.3, -0.25) is 4.79 Å². The van der Waals surface area contributed by atoms with Gasteiger partial charge in [-0.2, -0.15) is 0 Å². The van der Waals surface area contributed by atoms with Crippen molar-refractivity contribution in [1.82, 2.24) is 5.32 Å². The smallest absolute Gasteiger partial charge is 0.258 e. The first kappa shape index (κ1) is 16.6. The molecule has 21 heavy (non-hydrogen) atoms. The van der Waals surface area contributed by atoms with Gasteiger partial charge in [-0.05, 0) is 31.0 Å². The number of carbonyl (C=O) groups excluding carboxylic acids is 1. The number of sulfone groups is 1. The summed E-state index contributed by atoms with van der Waals surface area (Å²) < 4.78 is 28.9. The van der Waals surface area contributed by atoms with Crippen LogP contribution in [-0.4, -0.2) is 38.5 Å². The highest BCUT2D eigenvalue weighted by Crippen LogP contribution is 2.31. The second-order valence-electron chi connectivity index (χ2n) is 4.99. The zero-order valence-electron chi connectivity index (χ0n) is 11.4. The number of hydrogen-bond donors (Lipinski definition) is 1. The standard InChI is InChI=1S/C13H15BrClNO4S/c1-8-4-9(14)5-11(15)13(8)20-6-12(17)16-10-2-3-21(18,19)7-10/h4-5,10H,2-3,6-7H2,1H3,(H,16,17)/t10-/m0/s1. The van der Waals surface area contributed by atoms with Crippen molar-refractivity contribution in [2.24, 2.45) is 0 Å². The van der Waals surface area contributed by atoms with Gasteiger partial charge in [0.1, 0.15) is 5.75 Å². The number of rotatable bonds is 4. The maximum absolute atomic E-state index is 11.8. The van der Waals surface area contributed by atoms with E-state index in [1.54, 1.807) is 6.07 Å². The van der Waals surface area contributed by atoms with E-state index in [0.717, 1.165) is 10.0 Å². The number of aryl methyl sites for hydroxylation is 1. The molecular formula is C13H15BrClNO4S. The number of hydrogen-bond acceptors (Lipinski definition) is 4. The molecule has 0 radical (unpaired) electrons. The second-order valence-corrected chi connectivity index (χ2v) is 8.54. The summed E-state index contributed by atoms with van der Waals surface area (Å²) in [6.07, 6.45) is 0.451. The minimum atomic E-state index is -3.01. The van der Waals surface area contributed by atoms with Gasteiger partial charge >= 0.3 is 0 Å². The Bertz CT molecular complexity index is 639. The summed E-state index contributed by atoms with van der Waals surface area (Å²) in [7, 11) is -3.01. The Labute approximate surface area is 137 Å². The van der Waals surface area contributed by atoms with Gasteiger partial charge in [0.15, 0.2) is 16.4 Å². The Morgan fingerprint density at radius 2 is 2.24 bits per heavy atom. The van der Waals surface area contributed by atoms with E-state index in [0.29, 0.717) is 17.2 Å². The van der Waals surface area contributed by atoms with Crippen LogP contribution in [0.4, 0.5) is 0 Å². The predicted molar refractivity (Wildman–Crippen MR) is 84.6 cm³/mol. The van der Waals surface area contributed by atoms with Crippen molar-refractivity contribution in [3.63, 3.8) is 0 Å². The number of amides is 1. The van der Waals surface area contributed by atoms with Gasteiger partial charge in [-0.25, -0.2) is 8.42 Å². The fraction of sp³-hybridized carbons (Fsp3) is 0.462. The minimum absolute atomic E-state index is 0.00317. The molecule has 1 aromatic rings. The Balaban J connectivity index is 1.90. The van der Waals surface area contributed by atoms with E-state index in [9.17, 15) is 13.2 Å². The fourth-order valence-electron chi connectivity index (χ4n) is 2.19. The SMILES string of the molecule is Cc1cc(Br)cc(Cl)c1OCC(=O)N[C@H]1CCS(=O)(=O)C1. The molecule has 1 fully saturated rings. The molecule has 0 bridgehead atoms. The third-order valence-corrected chi connectivity index (χ3v) is 5.65. The highest BCUT2D eigenvalue weighted by Gasteiger charge is 2.28. The van der Waals surface area contributed by atoms with Gasteiger partial charge in [0.05, 0.1) is 16.5 Å². The molecule has 0 spiro atoms. The normalized spacial score (nSPS) is 20.2. The Morgan fingerprint density at radius 1 is 1.52 bits per heavy atom. The molecule has 8 heteroatoms. The summed E-state index contributed by atoms with van der Waals surface area (Å²) >= 11 is 9.38. The van der Waals surface area contributed by atoms with Crippen molar-refractivity contribution < 1.29 is 17.9 Å². The topological polar surface area (TPSA) is 72.5 Å². The van der Waals surface area contributed by atoms with Crippen LogP contribution in [0, 0.1) is 6.92 Å². The van der Waals surface area contributed by atoms with E-state index in [1.807, 2.05) is 13.0 Å². The second kappa shape index (κ2) is 6.54. The molecule has 1 saturated heterocycles. The molecule has 1 aliphatic rings. The lowest BCUT2D eigenvalue weighted by molar-refractivity contribution is -0.123. The number of halogens is 2. The van der Waals surface area contributed by atoms with Crippen LogP contribution in [0.3, 0.4) is 0 Å². The molecule has 1 aromatic carbocycles. The number of nitrogens with one attached hydrogen (secondary N) is 1. The Morgan fingerprint density at radius 3 is 2.81 bits per heavy atom. The van der Waals surface area contributed by atoms with Crippen molar-refractivity contribution in [1.29, 1.82) is 0 Å². The van der Waals surface area contributed by atoms with Gasteiger partial charge in [-0.1, -0.05) is 27.5 Å². The van der Waals surface area contributed by atoms with Crippen LogP contribution in [-0.2, 0) is 14.6 Å². The van der Waals surface area contributed by atoms with Crippen molar-refractivity contribution >= 4 is 43.3 Å². The van der Waals surface area contributed by atoms with Gasteiger partial charge in [-0.15, -0.1) is 0 Å². The molecule has 0 aliphatic carbocycles. The monoisotopic (exact) mass is 395 g/mol. The summed E-state index contributed by atoms with van der Waals surface area (Å²) in [5.74, 6) is 0.220. The van der Waals surface area contributed by atoms with Crippen LogP contribution >= 0.6 is 27.5 Å². The highest BCUT2D eigenvalue weighted by molar-refractivity contribution is 9.10. The Kier molecular flexibility index (Phi) is 5.16. The van der Waals surface area contributed by atoms with Crippen LogP contribution in [0.2, 0.25) is 5.02 Å². The first-order valence-corrected chi connectivity index (χ1v) is 9.34. The lowest BCUT2D eigenvalue weighted by Gasteiger charge is -2.14. The van der Waals surface area contributed by atoms with E-state index in [-0.39, 0.29) is 30.1 Å². The first-order valence-electron chi connectivity index (χ1n) is 6.35. The fourth-order valence-corrected chi connectivity index (χ4v) is 4.89. The van der Waals surface area contributed by atoms with E-state index >= 15 is 0 Å². The third kappa shape index (κ3) is 4.59. The van der Waals surface area contributed by atoms with Crippen molar-refractivity contribution in [2.75, 3.05) is 18.1 Å². The molecule has 0 saturated carbocycles. The Hall–Kier alpha value is -0.790. The lowest BCUT2D eigenvalue weighted by Crippen LogP contribution is -2.38. The average molecular weight is 397 g/mol. The van der Waals surface area contributed by atoms with E-state index < -0.39 is 9.84 Å². The van der Waals surface area contributed by atoms with Crippen molar-refractivity contribution in [2.45, 2.75) is 19.4 Å². The maximum Gasteiger partial charge on any atom is 0.258 e. The number of ether oxygens (including phenoxy) is 1. The largest absolute Gasteiger partial charge is 0.482 e. The summed E-state index contributed by atoms with van der Waals surface area (Å²) in [4.78, 5) is 11.8. The number of benzene rings is 1. The van der Waals surface area contributed by atoms with Gasteiger partial charge in [0, 0.05) is 10.5 Å².